The highest BCUT2D eigenvalue weighted by Gasteiger charge is 2.01. The molecule has 2 N–H and O–H groups in total. The lowest BCUT2D eigenvalue weighted by atomic mass is 10.4. The van der Waals surface area contributed by atoms with Crippen molar-refractivity contribution in [2.24, 2.45) is 16.0 Å². The first-order valence-electron chi connectivity index (χ1n) is 2.85. The Bertz CT molecular complexity index is 227. The second-order valence-electron chi connectivity index (χ2n) is 1.77. The zero-order valence-corrected chi connectivity index (χ0v) is 5.32. The van der Waals surface area contributed by atoms with E-state index in [-0.39, 0.29) is 5.70 Å². The van der Waals surface area contributed by atoms with Gasteiger partial charge in [0.25, 0.3) is 5.91 Å². The van der Waals surface area contributed by atoms with E-state index in [1.807, 2.05) is 0 Å². The van der Waals surface area contributed by atoms with Gasteiger partial charge in [0, 0.05) is 0 Å². The lowest BCUT2D eigenvalue weighted by Gasteiger charge is -1.87. The van der Waals surface area contributed by atoms with E-state index in [0.717, 1.165) is 0 Å². The van der Waals surface area contributed by atoms with Crippen LogP contribution in [0.2, 0.25) is 0 Å². The van der Waals surface area contributed by atoms with Crippen LogP contribution in [0.25, 0.3) is 0 Å². The molecule has 0 spiro atoms. The van der Waals surface area contributed by atoms with Crippen LogP contribution in [-0.2, 0) is 4.79 Å². The van der Waals surface area contributed by atoms with E-state index in [0.29, 0.717) is 6.54 Å². The van der Waals surface area contributed by atoms with Gasteiger partial charge in [0.2, 0.25) is 0 Å². The molecule has 4 heteroatoms. The van der Waals surface area contributed by atoms with E-state index >= 15 is 0 Å². The van der Waals surface area contributed by atoms with Crippen LogP contribution < -0.4 is 5.73 Å². The topological polar surface area (TPSA) is 67.8 Å². The molecule has 1 heterocycles. The third kappa shape index (κ3) is 1.51. The van der Waals surface area contributed by atoms with Gasteiger partial charge in [0.05, 0.1) is 6.54 Å². The number of allylic oxidation sites excluding steroid dienone is 2. The molecule has 0 aromatic heterocycles. The number of carbonyl (C=O) groups excluding carboxylic acids is 1. The summed E-state index contributed by atoms with van der Waals surface area (Å²) in [6, 6.07) is 0. The minimum Gasteiger partial charge on any atom is -0.364 e. The average molecular weight is 137 g/mol. The molecular weight excluding hydrogens is 130 g/mol. The molecule has 0 aromatic rings. The summed E-state index contributed by atoms with van der Waals surface area (Å²) in [4.78, 5) is 10.5. The second kappa shape index (κ2) is 2.91. The molecule has 0 aliphatic carbocycles. The molecule has 1 rings (SSSR count). The van der Waals surface area contributed by atoms with Gasteiger partial charge in [-0.1, -0.05) is 12.2 Å². The first kappa shape index (κ1) is 6.67. The molecule has 52 valence electrons. The van der Waals surface area contributed by atoms with Crippen LogP contribution in [0, 0.1) is 0 Å². The van der Waals surface area contributed by atoms with Crippen LogP contribution in [0.15, 0.2) is 34.2 Å². The van der Waals surface area contributed by atoms with E-state index in [4.69, 9.17) is 5.73 Å². The Morgan fingerprint density at radius 1 is 1.70 bits per heavy atom. The Hall–Kier alpha value is -1.45. The molecule has 0 bridgehead atoms. The Morgan fingerprint density at radius 2 is 2.50 bits per heavy atom. The maximum atomic E-state index is 10.5. The Morgan fingerprint density at radius 3 is 3.20 bits per heavy atom. The van der Waals surface area contributed by atoms with Crippen LogP contribution in [0.1, 0.15) is 0 Å². The summed E-state index contributed by atoms with van der Waals surface area (Å²) in [6.07, 6.45) is 5.04. The fourth-order valence-corrected chi connectivity index (χ4v) is 0.549. The van der Waals surface area contributed by atoms with Crippen LogP contribution in [0.4, 0.5) is 0 Å². The predicted molar refractivity (Wildman–Crippen MR) is 36.1 cm³/mol. The third-order valence-corrected chi connectivity index (χ3v) is 1.01. The molecular formula is C6H7N3O. The molecule has 0 unspecified atom stereocenters. The summed E-state index contributed by atoms with van der Waals surface area (Å²) >= 11 is 0. The number of nitrogens with two attached hydrogens (primary N) is 1. The highest BCUT2D eigenvalue weighted by molar-refractivity contribution is 5.91. The van der Waals surface area contributed by atoms with E-state index in [2.05, 4.69) is 10.2 Å². The van der Waals surface area contributed by atoms with Crippen LogP contribution >= 0.6 is 0 Å². The Kier molecular flexibility index (Phi) is 1.94. The van der Waals surface area contributed by atoms with Crippen LogP contribution in [0.5, 0.6) is 0 Å². The molecule has 10 heavy (non-hydrogen) atoms. The number of hydrogen-bond acceptors (Lipinski definition) is 3. The largest absolute Gasteiger partial charge is 0.364 e. The summed E-state index contributed by atoms with van der Waals surface area (Å²) in [7, 11) is 0. The lowest BCUT2D eigenvalue weighted by Crippen LogP contribution is -2.11. The van der Waals surface area contributed by atoms with Crippen molar-refractivity contribution in [2.45, 2.75) is 0 Å². The average Bonchev–Trinajstić information content (AvgIpc) is 2.12. The van der Waals surface area contributed by atoms with Crippen molar-refractivity contribution in [3.63, 3.8) is 0 Å². The summed E-state index contributed by atoms with van der Waals surface area (Å²) in [5.41, 5.74) is 5.14. The standard InChI is InChI=1S/C6H7N3O/c7-6(10)5-3-1-2-4-8-9-5/h1-3H,4H2,(H2,7,10). The zero-order valence-electron chi connectivity index (χ0n) is 5.32. The monoisotopic (exact) mass is 137 g/mol. The highest BCUT2D eigenvalue weighted by atomic mass is 16.1. The first-order chi connectivity index (χ1) is 4.80. The molecule has 1 amide bonds. The Balaban J connectivity index is 2.83. The lowest BCUT2D eigenvalue weighted by molar-refractivity contribution is -0.114. The van der Waals surface area contributed by atoms with Gasteiger partial charge >= 0.3 is 0 Å². The van der Waals surface area contributed by atoms with Gasteiger partial charge in [-0.3, -0.25) is 4.79 Å². The molecule has 1 aliphatic rings. The molecule has 0 saturated heterocycles. The number of azo groups is 1. The van der Waals surface area contributed by atoms with Gasteiger partial charge in [-0.05, 0) is 6.08 Å². The minimum atomic E-state index is -0.546. The minimum absolute atomic E-state index is 0.203. The smallest absolute Gasteiger partial charge is 0.269 e. The molecule has 0 atom stereocenters. The SMILES string of the molecule is NC(=O)C1=CC=CCN=N1. The van der Waals surface area contributed by atoms with Crippen molar-refractivity contribution >= 4 is 5.91 Å². The van der Waals surface area contributed by atoms with E-state index in [1.165, 1.54) is 0 Å². The summed E-state index contributed by atoms with van der Waals surface area (Å²) in [6.45, 7) is 0.507. The van der Waals surface area contributed by atoms with Gasteiger partial charge in [-0.25, -0.2) is 0 Å². The van der Waals surface area contributed by atoms with Gasteiger partial charge < -0.3 is 5.73 Å². The van der Waals surface area contributed by atoms with Gasteiger partial charge in [0.1, 0.15) is 5.70 Å². The van der Waals surface area contributed by atoms with E-state index < -0.39 is 5.91 Å². The van der Waals surface area contributed by atoms with Crippen molar-refractivity contribution in [2.75, 3.05) is 6.54 Å². The fourth-order valence-electron chi connectivity index (χ4n) is 0.549. The zero-order chi connectivity index (χ0) is 7.40. The van der Waals surface area contributed by atoms with Crippen molar-refractivity contribution in [1.82, 2.24) is 0 Å². The molecule has 1 aliphatic heterocycles. The van der Waals surface area contributed by atoms with Crippen LogP contribution in [0.3, 0.4) is 0 Å². The normalized spacial score (nSPS) is 16.2. The summed E-state index contributed by atoms with van der Waals surface area (Å²) < 4.78 is 0. The first-order valence-corrected chi connectivity index (χ1v) is 2.85. The third-order valence-electron chi connectivity index (χ3n) is 1.01. The number of primary amides is 1. The van der Waals surface area contributed by atoms with Crippen molar-refractivity contribution in [3.05, 3.63) is 23.9 Å². The highest BCUT2D eigenvalue weighted by Crippen LogP contribution is 2.00. The Labute approximate surface area is 58.1 Å². The number of rotatable bonds is 1. The molecule has 0 radical (unpaired) electrons. The summed E-state index contributed by atoms with van der Waals surface area (Å²) in [5.74, 6) is -0.546. The van der Waals surface area contributed by atoms with E-state index in [9.17, 15) is 4.79 Å². The number of amides is 1. The maximum absolute atomic E-state index is 10.5. The summed E-state index contributed by atoms with van der Waals surface area (Å²) in [5, 5.41) is 7.21. The van der Waals surface area contributed by atoms with Gasteiger partial charge in [-0.15, -0.1) is 5.11 Å². The molecule has 0 saturated carbocycles. The van der Waals surface area contributed by atoms with E-state index in [1.54, 1.807) is 18.2 Å². The van der Waals surface area contributed by atoms with Gasteiger partial charge in [-0.2, -0.15) is 5.11 Å². The van der Waals surface area contributed by atoms with Crippen molar-refractivity contribution in [1.29, 1.82) is 0 Å². The van der Waals surface area contributed by atoms with Crippen molar-refractivity contribution in [3.8, 4) is 0 Å². The van der Waals surface area contributed by atoms with Gasteiger partial charge in [0.15, 0.2) is 0 Å². The van der Waals surface area contributed by atoms with Crippen molar-refractivity contribution < 1.29 is 4.79 Å². The quantitative estimate of drug-likeness (QED) is 0.557. The molecule has 0 aromatic carbocycles. The predicted octanol–water partition coefficient (Wildman–Crippen LogP) is 0.378. The molecule has 0 fully saturated rings. The fraction of sp³-hybridized carbons (Fsp3) is 0.167. The number of hydrogen-bond donors (Lipinski definition) is 1. The number of carbonyl (C=O) groups is 1. The van der Waals surface area contributed by atoms with Crippen LogP contribution in [-0.4, -0.2) is 12.5 Å². The number of nitrogens with zero attached hydrogens (tertiary/aromatic N) is 2. The molecule has 4 nitrogen and oxygen atoms in total. The second-order valence-corrected chi connectivity index (χ2v) is 1.77. The maximum Gasteiger partial charge on any atom is 0.269 e.